The van der Waals surface area contributed by atoms with Gasteiger partial charge in [-0.3, -0.25) is 4.79 Å². The van der Waals surface area contributed by atoms with Gasteiger partial charge in [-0.25, -0.2) is 0 Å². The largest absolute Gasteiger partial charge is 0.343 e. The van der Waals surface area contributed by atoms with Crippen LogP contribution in [0.3, 0.4) is 0 Å². The lowest BCUT2D eigenvalue weighted by molar-refractivity contribution is 0.0990. The Morgan fingerprint density at radius 1 is 1.25 bits per heavy atom. The minimum absolute atomic E-state index is 0.0116. The summed E-state index contributed by atoms with van der Waals surface area (Å²) in [5, 5.41) is -0.477. The summed E-state index contributed by atoms with van der Waals surface area (Å²) in [6, 6.07) is 1.97. The van der Waals surface area contributed by atoms with E-state index in [4.69, 9.17) is 11.6 Å². The van der Waals surface area contributed by atoms with E-state index in [-0.39, 0.29) is 16.7 Å². The molecule has 0 saturated carbocycles. The summed E-state index contributed by atoms with van der Waals surface area (Å²) in [5.41, 5.74) is 3.11. The van der Waals surface area contributed by atoms with Crippen LogP contribution in [0, 0.1) is 19.3 Å². The Morgan fingerprint density at radius 3 is 2.15 bits per heavy atom. The molecule has 0 saturated heterocycles. The van der Waals surface area contributed by atoms with Crippen LogP contribution in [0.15, 0.2) is 6.07 Å². The number of halogens is 1. The number of rotatable bonds is 4. The Labute approximate surface area is 128 Å². The lowest BCUT2D eigenvalue weighted by Crippen LogP contribution is -2.33. The average molecular weight is 298 g/mol. The van der Waals surface area contributed by atoms with Gasteiger partial charge in [0.25, 0.3) is 0 Å². The van der Waals surface area contributed by atoms with E-state index < -0.39 is 5.38 Å². The number of carbonyl (C=O) groups excluding carboxylic acids is 1. The molecule has 1 unspecified atom stereocenters. The van der Waals surface area contributed by atoms with Gasteiger partial charge in [0.05, 0.1) is 5.38 Å². The minimum Gasteiger partial charge on any atom is -0.343 e. The van der Waals surface area contributed by atoms with E-state index >= 15 is 0 Å². The highest BCUT2D eigenvalue weighted by Crippen LogP contribution is 2.35. The number of carbonyl (C=O) groups is 1. The molecule has 1 aromatic heterocycles. The van der Waals surface area contributed by atoms with Crippen LogP contribution in [0.25, 0.3) is 0 Å². The van der Waals surface area contributed by atoms with Gasteiger partial charge in [-0.2, -0.15) is 0 Å². The van der Waals surface area contributed by atoms with Crippen LogP contribution >= 0.6 is 11.6 Å². The van der Waals surface area contributed by atoms with Crippen LogP contribution in [-0.4, -0.2) is 15.7 Å². The molecular weight excluding hydrogens is 270 g/mol. The van der Waals surface area contributed by atoms with Gasteiger partial charge in [0.1, 0.15) is 0 Å². The number of Topliss-reactive ketones (excluding diaryl/α,β-unsaturated/α-hetero) is 1. The topological polar surface area (TPSA) is 22.0 Å². The summed E-state index contributed by atoms with van der Waals surface area (Å²) >= 11 is 5.96. The fourth-order valence-corrected chi connectivity index (χ4v) is 3.65. The molecule has 0 aromatic carbocycles. The number of aromatic nitrogens is 1. The molecule has 1 heterocycles. The molecule has 1 rings (SSSR count). The average Bonchev–Trinajstić information content (AvgIpc) is 2.49. The summed E-state index contributed by atoms with van der Waals surface area (Å²) in [5.74, 6) is 0.0116. The highest BCUT2D eigenvalue weighted by Gasteiger charge is 2.31. The van der Waals surface area contributed by atoms with Gasteiger partial charge in [0.15, 0.2) is 5.78 Å². The Hall–Kier alpha value is -0.760. The second-order valence-corrected chi connectivity index (χ2v) is 8.30. The van der Waals surface area contributed by atoms with E-state index in [1.54, 1.807) is 6.92 Å². The number of nitrogens with zero attached hydrogens (tertiary/aromatic N) is 1. The fraction of sp³-hybridized carbons (Fsp3) is 0.706. The van der Waals surface area contributed by atoms with Crippen molar-refractivity contribution < 1.29 is 4.79 Å². The molecule has 1 aromatic rings. The van der Waals surface area contributed by atoms with Gasteiger partial charge in [0.2, 0.25) is 0 Å². The van der Waals surface area contributed by atoms with Crippen LogP contribution < -0.4 is 0 Å². The molecule has 0 spiro atoms. The molecule has 0 aliphatic heterocycles. The molecule has 0 aliphatic rings. The maximum absolute atomic E-state index is 12.2. The van der Waals surface area contributed by atoms with Crippen molar-refractivity contribution in [1.29, 1.82) is 0 Å². The molecule has 0 amide bonds. The minimum atomic E-state index is -0.477. The summed E-state index contributed by atoms with van der Waals surface area (Å²) in [6.45, 7) is 17.0. The van der Waals surface area contributed by atoms with E-state index in [0.29, 0.717) is 0 Å². The third-order valence-corrected chi connectivity index (χ3v) is 3.82. The molecule has 0 bridgehead atoms. The van der Waals surface area contributed by atoms with Gasteiger partial charge in [0, 0.05) is 22.5 Å². The Morgan fingerprint density at radius 2 is 1.75 bits per heavy atom. The van der Waals surface area contributed by atoms with Gasteiger partial charge < -0.3 is 4.57 Å². The number of hydrogen-bond acceptors (Lipinski definition) is 1. The second-order valence-electron chi connectivity index (χ2n) is 7.65. The van der Waals surface area contributed by atoms with E-state index in [9.17, 15) is 4.79 Å². The van der Waals surface area contributed by atoms with Crippen molar-refractivity contribution in [2.75, 3.05) is 0 Å². The predicted octanol–water partition coefficient (Wildman–Crippen LogP) is 5.09. The molecule has 0 fully saturated rings. The molecule has 0 N–H and O–H groups in total. The summed E-state index contributed by atoms with van der Waals surface area (Å²) in [7, 11) is 0. The van der Waals surface area contributed by atoms with Crippen molar-refractivity contribution in [3.63, 3.8) is 0 Å². The molecule has 1 atom stereocenters. The van der Waals surface area contributed by atoms with Crippen LogP contribution in [0.4, 0.5) is 0 Å². The summed E-state index contributed by atoms with van der Waals surface area (Å²) < 4.78 is 2.28. The van der Waals surface area contributed by atoms with Crippen molar-refractivity contribution in [3.8, 4) is 0 Å². The lowest BCUT2D eigenvalue weighted by Gasteiger charge is -2.36. The normalized spacial score (nSPS) is 14.4. The molecule has 0 aliphatic carbocycles. The second kappa shape index (κ2) is 5.55. The predicted molar refractivity (Wildman–Crippen MR) is 86.9 cm³/mol. The highest BCUT2D eigenvalue weighted by molar-refractivity contribution is 6.33. The van der Waals surface area contributed by atoms with Crippen LogP contribution in [0.2, 0.25) is 0 Å². The zero-order chi connectivity index (χ0) is 15.9. The first-order valence-corrected chi connectivity index (χ1v) is 7.68. The Bertz CT molecular complexity index is 504. The van der Waals surface area contributed by atoms with Crippen LogP contribution in [0.1, 0.15) is 69.7 Å². The fourth-order valence-electron chi connectivity index (χ4n) is 3.53. The van der Waals surface area contributed by atoms with Gasteiger partial charge >= 0.3 is 0 Å². The van der Waals surface area contributed by atoms with Crippen LogP contribution in [-0.2, 0) is 5.54 Å². The van der Waals surface area contributed by atoms with Gasteiger partial charge in [-0.15, -0.1) is 11.6 Å². The number of ketones is 1. The maximum Gasteiger partial charge on any atom is 0.182 e. The molecule has 0 radical (unpaired) electrons. The van der Waals surface area contributed by atoms with Crippen LogP contribution in [0.5, 0.6) is 0 Å². The third-order valence-electron chi connectivity index (χ3n) is 3.63. The van der Waals surface area contributed by atoms with Crippen molar-refractivity contribution in [2.45, 2.75) is 72.7 Å². The van der Waals surface area contributed by atoms with Crippen molar-refractivity contribution in [3.05, 3.63) is 23.0 Å². The zero-order valence-electron chi connectivity index (χ0n) is 14.1. The van der Waals surface area contributed by atoms with Crippen molar-refractivity contribution in [2.24, 2.45) is 5.41 Å². The van der Waals surface area contributed by atoms with E-state index in [1.165, 1.54) is 0 Å². The molecule has 3 heteroatoms. The third kappa shape index (κ3) is 3.66. The first-order valence-electron chi connectivity index (χ1n) is 7.24. The van der Waals surface area contributed by atoms with E-state index in [1.807, 2.05) is 13.0 Å². The highest BCUT2D eigenvalue weighted by atomic mass is 35.5. The number of aryl methyl sites for hydroxylation is 1. The van der Waals surface area contributed by atoms with E-state index in [0.717, 1.165) is 23.4 Å². The van der Waals surface area contributed by atoms with Crippen molar-refractivity contribution in [1.82, 2.24) is 4.57 Å². The first kappa shape index (κ1) is 17.3. The number of hydrogen-bond donors (Lipinski definition) is 0. The standard InChI is InChI=1S/C17H28ClNO/c1-11-9-14(15(20)12(2)18)13(3)19(11)17(7,8)10-16(4,5)6/h9,12H,10H2,1-8H3. The van der Waals surface area contributed by atoms with E-state index in [2.05, 4.69) is 46.1 Å². The summed E-state index contributed by atoms with van der Waals surface area (Å²) in [6.07, 6.45) is 1.04. The molecule has 114 valence electrons. The quantitative estimate of drug-likeness (QED) is 0.561. The lowest BCUT2D eigenvalue weighted by atomic mass is 9.81. The monoisotopic (exact) mass is 297 g/mol. The summed E-state index contributed by atoms with van der Waals surface area (Å²) in [4.78, 5) is 12.2. The first-order chi connectivity index (χ1) is 8.87. The molecule has 2 nitrogen and oxygen atoms in total. The number of alkyl halides is 1. The molecular formula is C17H28ClNO. The van der Waals surface area contributed by atoms with Crippen molar-refractivity contribution >= 4 is 17.4 Å². The Kier molecular flexibility index (Phi) is 4.80. The SMILES string of the molecule is Cc1cc(C(=O)C(C)Cl)c(C)n1C(C)(C)CC(C)(C)C. The zero-order valence-corrected chi connectivity index (χ0v) is 14.9. The van der Waals surface area contributed by atoms with Gasteiger partial charge in [-0.05, 0) is 52.5 Å². The smallest absolute Gasteiger partial charge is 0.182 e. The molecule has 20 heavy (non-hydrogen) atoms. The van der Waals surface area contributed by atoms with Gasteiger partial charge in [-0.1, -0.05) is 20.8 Å². The Balaban J connectivity index is 3.30. The maximum atomic E-state index is 12.2.